The molecular formula is C31H60NO7P. The molecule has 4 atom stereocenters. The maximum Gasteiger partial charge on any atom is 0.303 e. The number of unbranched alkanes of at least 4 members (excludes halogenated alkanes) is 14. The van der Waals surface area contributed by atoms with Gasteiger partial charge in [-0.2, -0.15) is 0 Å². The lowest BCUT2D eigenvalue weighted by atomic mass is 9.98. The van der Waals surface area contributed by atoms with Crippen LogP contribution in [0.15, 0.2) is 0 Å². The number of phosphoric acid groups is 1. The third-order valence-electron chi connectivity index (χ3n) is 9.01. The van der Waals surface area contributed by atoms with Crippen molar-refractivity contribution in [3.05, 3.63) is 0 Å². The van der Waals surface area contributed by atoms with E-state index in [1.54, 1.807) is 0 Å². The van der Waals surface area contributed by atoms with Crippen LogP contribution in [0.25, 0.3) is 0 Å². The highest BCUT2D eigenvalue weighted by atomic mass is 31.2. The van der Waals surface area contributed by atoms with E-state index in [9.17, 15) is 14.3 Å². The van der Waals surface area contributed by atoms with Gasteiger partial charge in [0.25, 0.3) is 7.82 Å². The summed E-state index contributed by atoms with van der Waals surface area (Å²) >= 11 is 0. The van der Waals surface area contributed by atoms with Crippen molar-refractivity contribution >= 4 is 13.8 Å². The first-order valence-electron chi connectivity index (χ1n) is 16.4. The molecule has 0 aliphatic carbocycles. The smallest absolute Gasteiger partial charge is 0.303 e. The largest absolute Gasteiger partial charge is 0.756 e. The van der Waals surface area contributed by atoms with E-state index in [0.717, 1.165) is 43.0 Å². The zero-order chi connectivity index (χ0) is 29.3. The number of hydrogen-bond acceptors (Lipinski definition) is 7. The summed E-state index contributed by atoms with van der Waals surface area (Å²) < 4.78 is 34.9. The summed E-state index contributed by atoms with van der Waals surface area (Å²) in [5.41, 5.74) is 0. The topological polar surface area (TPSA) is 94.1 Å². The van der Waals surface area contributed by atoms with E-state index in [1.165, 1.54) is 90.4 Å². The summed E-state index contributed by atoms with van der Waals surface area (Å²) in [4.78, 5) is 24.0. The summed E-state index contributed by atoms with van der Waals surface area (Å²) in [5, 5.41) is 0. The van der Waals surface area contributed by atoms with Crippen molar-refractivity contribution < 1.29 is 37.3 Å². The molecule has 0 spiro atoms. The molecule has 0 N–H and O–H groups in total. The Hall–Kier alpha value is -0.500. The van der Waals surface area contributed by atoms with E-state index in [4.69, 9.17) is 18.5 Å². The molecule has 0 aromatic heterocycles. The van der Waals surface area contributed by atoms with Crippen molar-refractivity contribution in [2.45, 2.75) is 160 Å². The Labute approximate surface area is 245 Å². The number of ether oxygens (including phenoxy) is 2. The minimum absolute atomic E-state index is 0.109. The van der Waals surface area contributed by atoms with Crippen LogP contribution in [0.1, 0.15) is 136 Å². The Morgan fingerprint density at radius 2 is 1.30 bits per heavy atom. The van der Waals surface area contributed by atoms with E-state index in [2.05, 4.69) is 21.0 Å². The van der Waals surface area contributed by atoms with Crippen LogP contribution in [-0.2, 0) is 27.9 Å². The average Bonchev–Trinajstić information content (AvgIpc) is 3.04. The highest BCUT2D eigenvalue weighted by Crippen LogP contribution is 2.47. The van der Waals surface area contributed by atoms with E-state index < -0.39 is 19.9 Å². The second-order valence-electron chi connectivity index (χ2n) is 12.7. The van der Waals surface area contributed by atoms with Gasteiger partial charge in [-0.05, 0) is 6.42 Å². The average molecular weight is 590 g/mol. The van der Waals surface area contributed by atoms with Crippen molar-refractivity contribution in [1.82, 2.24) is 0 Å². The minimum atomic E-state index is -4.51. The fourth-order valence-corrected chi connectivity index (χ4v) is 7.39. The molecule has 0 aromatic rings. The second kappa shape index (κ2) is 19.6. The van der Waals surface area contributed by atoms with E-state index in [1.807, 2.05) is 0 Å². The number of esters is 1. The Morgan fingerprint density at radius 1 is 0.825 bits per heavy atom. The van der Waals surface area contributed by atoms with Crippen LogP contribution in [0.5, 0.6) is 0 Å². The third kappa shape index (κ3) is 14.6. The number of carbonyl (C=O) groups is 1. The van der Waals surface area contributed by atoms with Gasteiger partial charge in [0.15, 0.2) is 0 Å². The first-order chi connectivity index (χ1) is 19.1. The Bertz CT molecular complexity index is 718. The summed E-state index contributed by atoms with van der Waals surface area (Å²) in [6, 6.07) is 0.844. The lowest BCUT2D eigenvalue weighted by Crippen LogP contribution is -2.56. The zero-order valence-electron chi connectivity index (χ0n) is 26.1. The molecule has 4 unspecified atom stereocenters. The summed E-state index contributed by atoms with van der Waals surface area (Å²) in [5.74, 6) is -0.491. The van der Waals surface area contributed by atoms with Gasteiger partial charge in [0.2, 0.25) is 0 Å². The van der Waals surface area contributed by atoms with E-state index in [-0.39, 0.29) is 19.3 Å². The predicted octanol–water partition coefficient (Wildman–Crippen LogP) is 7.08. The van der Waals surface area contributed by atoms with Crippen LogP contribution in [0.3, 0.4) is 0 Å². The number of piperidine rings is 1. The molecule has 2 bridgehead atoms. The minimum Gasteiger partial charge on any atom is -0.756 e. The molecule has 0 saturated carbocycles. The van der Waals surface area contributed by atoms with E-state index in [0.29, 0.717) is 18.7 Å². The normalized spacial score (nSPS) is 24.1. The van der Waals surface area contributed by atoms with Gasteiger partial charge < -0.3 is 27.9 Å². The molecule has 2 rings (SSSR count). The fourth-order valence-electron chi connectivity index (χ4n) is 6.45. The lowest BCUT2D eigenvalue weighted by Gasteiger charge is -2.45. The lowest BCUT2D eigenvalue weighted by molar-refractivity contribution is -0.931. The molecule has 2 fully saturated rings. The number of quaternary nitrogens is 1. The van der Waals surface area contributed by atoms with Gasteiger partial charge in [-0.1, -0.05) is 96.8 Å². The van der Waals surface area contributed by atoms with Gasteiger partial charge in [-0.25, -0.2) is 0 Å². The third-order valence-corrected chi connectivity index (χ3v) is 10.0. The van der Waals surface area contributed by atoms with Crippen molar-refractivity contribution in [3.8, 4) is 0 Å². The number of rotatable bonds is 24. The van der Waals surface area contributed by atoms with Crippen LogP contribution in [0.2, 0.25) is 0 Å². The second-order valence-corrected chi connectivity index (χ2v) is 14.1. The predicted molar refractivity (Wildman–Crippen MR) is 158 cm³/mol. The van der Waals surface area contributed by atoms with Gasteiger partial charge >= 0.3 is 5.97 Å². The van der Waals surface area contributed by atoms with Gasteiger partial charge in [-0.15, -0.1) is 0 Å². The molecule has 2 heterocycles. The molecule has 236 valence electrons. The molecule has 8 nitrogen and oxygen atoms in total. The standard InChI is InChI=1S/C31H60NO7P/c1-5-6-7-8-9-10-11-12-13-14-15-16-17-18-19-22-36-25-31(38-27(2)33)26-37-40(34,35)39-30-23-28-20-21-29(24-30)32(28,3)4/h28-31H,5-26H2,1-4H3. The maximum atomic E-state index is 12.5. The van der Waals surface area contributed by atoms with Gasteiger partial charge in [0.05, 0.1) is 45.5 Å². The van der Waals surface area contributed by atoms with Gasteiger partial charge in [0, 0.05) is 39.2 Å². The first-order valence-corrected chi connectivity index (χ1v) is 17.8. The van der Waals surface area contributed by atoms with Crippen LogP contribution in [-0.4, -0.2) is 68.7 Å². The Morgan fingerprint density at radius 3 is 1.77 bits per heavy atom. The molecule has 2 aliphatic rings. The molecule has 2 aliphatic heterocycles. The maximum absolute atomic E-state index is 12.5. The Balaban J connectivity index is 1.48. The summed E-state index contributed by atoms with van der Waals surface area (Å²) in [7, 11) is -0.0721. The van der Waals surface area contributed by atoms with Crippen LogP contribution in [0.4, 0.5) is 0 Å². The highest BCUT2D eigenvalue weighted by molar-refractivity contribution is 7.45. The number of carbonyl (C=O) groups excluding carboxylic acids is 1. The molecule has 40 heavy (non-hydrogen) atoms. The molecule has 0 amide bonds. The molecule has 9 heteroatoms. The van der Waals surface area contributed by atoms with Crippen molar-refractivity contribution in [2.75, 3.05) is 33.9 Å². The fraction of sp³-hybridized carbons (Fsp3) is 0.968. The van der Waals surface area contributed by atoms with Crippen LogP contribution >= 0.6 is 7.82 Å². The highest BCUT2D eigenvalue weighted by Gasteiger charge is 2.49. The van der Waals surface area contributed by atoms with Crippen LogP contribution < -0.4 is 4.89 Å². The number of fused-ring (bicyclic) bond motifs is 2. The van der Waals surface area contributed by atoms with Crippen LogP contribution in [0, 0.1) is 0 Å². The van der Waals surface area contributed by atoms with Gasteiger partial charge in [0.1, 0.15) is 6.10 Å². The molecule has 0 radical (unpaired) electrons. The van der Waals surface area contributed by atoms with Crippen molar-refractivity contribution in [3.63, 3.8) is 0 Å². The Kier molecular flexibility index (Phi) is 17.5. The van der Waals surface area contributed by atoms with Crippen molar-refractivity contribution in [1.29, 1.82) is 0 Å². The monoisotopic (exact) mass is 589 g/mol. The quantitative estimate of drug-likeness (QED) is 0.0514. The first kappa shape index (κ1) is 35.7. The molecule has 0 aromatic carbocycles. The number of hydrogen-bond donors (Lipinski definition) is 0. The molecule has 2 saturated heterocycles. The zero-order valence-corrected chi connectivity index (χ0v) is 27.0. The van der Waals surface area contributed by atoms with E-state index >= 15 is 0 Å². The SMILES string of the molecule is CCCCCCCCCCCCCCCCCOCC(COP(=O)([O-])OC1CC2CCC(C1)[N+]2(C)C)OC(C)=O. The van der Waals surface area contributed by atoms with Crippen molar-refractivity contribution in [2.24, 2.45) is 0 Å². The molecular weight excluding hydrogens is 529 g/mol. The number of phosphoric ester groups is 1. The number of nitrogens with zero attached hydrogens (tertiary/aromatic N) is 1. The summed E-state index contributed by atoms with van der Waals surface area (Å²) in [6.07, 6.45) is 22.1. The summed E-state index contributed by atoms with van der Waals surface area (Å²) in [6.45, 7) is 3.94. The van der Waals surface area contributed by atoms with Gasteiger partial charge in [-0.3, -0.25) is 9.36 Å².